The first kappa shape index (κ1) is 14.2. The summed E-state index contributed by atoms with van der Waals surface area (Å²) < 4.78 is 0. The largest absolute Gasteiger partial charge is 0.191 e. The Kier molecular flexibility index (Phi) is 8.71. The highest BCUT2D eigenvalue weighted by molar-refractivity contribution is 6.55. The SMILES string of the molecule is C=C/C=C\C=C(\[B]C(/C=C/C)=C\C=C)C=C. The Morgan fingerprint density at radius 2 is 1.69 bits per heavy atom. The van der Waals surface area contributed by atoms with Crippen LogP contribution < -0.4 is 0 Å². The smallest absolute Gasteiger partial charge is 0.0996 e. The molecule has 1 heteroatoms. The predicted molar refractivity (Wildman–Crippen MR) is 76.5 cm³/mol. The van der Waals surface area contributed by atoms with Crippen molar-refractivity contribution in [2.75, 3.05) is 0 Å². The second kappa shape index (κ2) is 9.79. The molecule has 1 radical (unpaired) electrons. The topological polar surface area (TPSA) is 0 Å². The molecule has 0 nitrogen and oxygen atoms in total. The van der Waals surface area contributed by atoms with Crippen LogP contribution in [0.5, 0.6) is 0 Å². The molecular weight excluding hydrogens is 191 g/mol. The lowest BCUT2D eigenvalue weighted by Crippen LogP contribution is -1.96. The molecule has 16 heavy (non-hydrogen) atoms. The average molecular weight is 209 g/mol. The average Bonchev–Trinajstić information content (AvgIpc) is 2.28. The van der Waals surface area contributed by atoms with E-state index in [1.807, 2.05) is 56.7 Å². The first-order valence-corrected chi connectivity index (χ1v) is 5.20. The van der Waals surface area contributed by atoms with Crippen molar-refractivity contribution in [2.24, 2.45) is 0 Å². The summed E-state index contributed by atoms with van der Waals surface area (Å²) in [6.45, 7) is 13.1. The van der Waals surface area contributed by atoms with Gasteiger partial charge in [-0.15, -0.1) is 0 Å². The van der Waals surface area contributed by atoms with Gasteiger partial charge in [0.15, 0.2) is 7.28 Å². The molecule has 0 unspecified atom stereocenters. The van der Waals surface area contributed by atoms with Crippen LogP contribution in [0.15, 0.2) is 85.4 Å². The van der Waals surface area contributed by atoms with Gasteiger partial charge in [-0.1, -0.05) is 85.4 Å². The fraction of sp³-hybridized carbons (Fsp3) is 0.0667. The van der Waals surface area contributed by atoms with Gasteiger partial charge in [-0.05, 0) is 6.92 Å². The van der Waals surface area contributed by atoms with E-state index in [1.165, 1.54) is 0 Å². The Labute approximate surface area is 100 Å². The molecule has 0 bridgehead atoms. The van der Waals surface area contributed by atoms with Crippen LogP contribution in [0.4, 0.5) is 0 Å². The number of hydrogen-bond donors (Lipinski definition) is 0. The van der Waals surface area contributed by atoms with Crippen molar-refractivity contribution in [3.05, 3.63) is 85.4 Å². The van der Waals surface area contributed by atoms with Gasteiger partial charge in [0.1, 0.15) is 0 Å². The van der Waals surface area contributed by atoms with Crippen molar-refractivity contribution in [3.63, 3.8) is 0 Å². The van der Waals surface area contributed by atoms with E-state index in [4.69, 9.17) is 0 Å². The van der Waals surface area contributed by atoms with Gasteiger partial charge in [-0.3, -0.25) is 0 Å². The molecule has 0 spiro atoms. The van der Waals surface area contributed by atoms with Crippen LogP contribution in [0.25, 0.3) is 0 Å². The quantitative estimate of drug-likeness (QED) is 0.436. The van der Waals surface area contributed by atoms with Crippen molar-refractivity contribution in [1.29, 1.82) is 0 Å². The zero-order valence-corrected chi connectivity index (χ0v) is 9.89. The molecule has 0 aliphatic heterocycles. The number of allylic oxidation sites excluding steroid dienone is 11. The molecule has 0 saturated carbocycles. The Morgan fingerprint density at radius 1 is 0.938 bits per heavy atom. The summed E-state index contributed by atoms with van der Waals surface area (Å²) in [6.07, 6.45) is 17.1. The van der Waals surface area contributed by atoms with Crippen molar-refractivity contribution < 1.29 is 0 Å². The molecule has 0 aromatic carbocycles. The lowest BCUT2D eigenvalue weighted by atomic mass is 9.62. The minimum absolute atomic E-state index is 1.05. The van der Waals surface area contributed by atoms with Gasteiger partial charge in [0.05, 0.1) is 0 Å². The highest BCUT2D eigenvalue weighted by Gasteiger charge is 1.97. The molecule has 0 heterocycles. The van der Waals surface area contributed by atoms with Crippen molar-refractivity contribution in [1.82, 2.24) is 0 Å². The zero-order chi connectivity index (χ0) is 12.2. The molecule has 0 aromatic rings. The van der Waals surface area contributed by atoms with E-state index in [9.17, 15) is 0 Å². The summed E-state index contributed by atoms with van der Waals surface area (Å²) in [4.78, 5) is 0. The zero-order valence-electron chi connectivity index (χ0n) is 9.89. The summed E-state index contributed by atoms with van der Waals surface area (Å²) in [7, 11) is 2.04. The molecule has 0 atom stereocenters. The lowest BCUT2D eigenvalue weighted by molar-refractivity contribution is 1.69. The molecule has 0 saturated heterocycles. The van der Waals surface area contributed by atoms with E-state index in [0.717, 1.165) is 10.9 Å². The highest BCUT2D eigenvalue weighted by Crippen LogP contribution is 2.04. The molecule has 0 amide bonds. The van der Waals surface area contributed by atoms with E-state index < -0.39 is 0 Å². The van der Waals surface area contributed by atoms with Gasteiger partial charge in [-0.25, -0.2) is 0 Å². The normalized spacial score (nSPS) is 13.1. The fourth-order valence-electron chi connectivity index (χ4n) is 1.09. The third-order valence-corrected chi connectivity index (χ3v) is 1.77. The van der Waals surface area contributed by atoms with Crippen LogP contribution in [0, 0.1) is 0 Å². The standard InChI is InChI=1S/C15H18B/c1-5-9-10-13-14(8-4)16-15(11-6-2)12-7-3/h5-13H,1-2,4H2,3H3/b10-9-,12-7+,14-13+,15-11-. The molecule has 0 rings (SSSR count). The Hall–Kier alpha value is -1.76. The van der Waals surface area contributed by atoms with Crippen LogP contribution in [-0.4, -0.2) is 7.28 Å². The Bertz CT molecular complexity index is 352. The summed E-state index contributed by atoms with van der Waals surface area (Å²) >= 11 is 0. The van der Waals surface area contributed by atoms with Gasteiger partial charge in [0, 0.05) is 0 Å². The van der Waals surface area contributed by atoms with Gasteiger partial charge in [0.2, 0.25) is 0 Å². The van der Waals surface area contributed by atoms with Gasteiger partial charge in [-0.2, -0.15) is 0 Å². The molecule has 81 valence electrons. The lowest BCUT2D eigenvalue weighted by Gasteiger charge is -2.00. The van der Waals surface area contributed by atoms with Crippen LogP contribution in [-0.2, 0) is 0 Å². The molecule has 0 fully saturated rings. The predicted octanol–water partition coefficient (Wildman–Crippen LogP) is 4.15. The fourth-order valence-corrected chi connectivity index (χ4v) is 1.09. The van der Waals surface area contributed by atoms with Crippen molar-refractivity contribution >= 4 is 7.28 Å². The minimum atomic E-state index is 1.05. The maximum absolute atomic E-state index is 3.78. The van der Waals surface area contributed by atoms with Crippen LogP contribution in [0.1, 0.15) is 6.92 Å². The van der Waals surface area contributed by atoms with E-state index in [1.54, 1.807) is 12.2 Å². The summed E-state index contributed by atoms with van der Waals surface area (Å²) in [5, 5.41) is 0. The van der Waals surface area contributed by atoms with E-state index >= 15 is 0 Å². The maximum atomic E-state index is 3.78. The van der Waals surface area contributed by atoms with Crippen LogP contribution in [0.3, 0.4) is 0 Å². The second-order valence-electron chi connectivity index (χ2n) is 3.04. The first-order valence-electron chi connectivity index (χ1n) is 5.20. The van der Waals surface area contributed by atoms with Crippen molar-refractivity contribution in [3.8, 4) is 0 Å². The van der Waals surface area contributed by atoms with E-state index in [2.05, 4.69) is 19.7 Å². The third-order valence-electron chi connectivity index (χ3n) is 1.77. The second-order valence-corrected chi connectivity index (χ2v) is 3.04. The van der Waals surface area contributed by atoms with Gasteiger partial charge in [0.25, 0.3) is 0 Å². The van der Waals surface area contributed by atoms with E-state index in [-0.39, 0.29) is 0 Å². The first-order chi connectivity index (χ1) is 7.78. The molecular formula is C15H18B. The van der Waals surface area contributed by atoms with Crippen molar-refractivity contribution in [2.45, 2.75) is 6.92 Å². The van der Waals surface area contributed by atoms with Gasteiger partial charge >= 0.3 is 0 Å². The summed E-state index contributed by atoms with van der Waals surface area (Å²) in [5.41, 5.74) is 2.14. The maximum Gasteiger partial charge on any atom is 0.191 e. The van der Waals surface area contributed by atoms with Crippen LogP contribution in [0.2, 0.25) is 0 Å². The summed E-state index contributed by atoms with van der Waals surface area (Å²) in [6, 6.07) is 0. The number of hydrogen-bond acceptors (Lipinski definition) is 0. The Morgan fingerprint density at radius 3 is 2.19 bits per heavy atom. The minimum Gasteiger partial charge on any atom is -0.0996 e. The third kappa shape index (κ3) is 6.66. The molecule has 0 N–H and O–H groups in total. The monoisotopic (exact) mass is 209 g/mol. The Balaban J connectivity index is 4.74. The van der Waals surface area contributed by atoms with E-state index in [0.29, 0.717) is 0 Å². The molecule has 0 aliphatic carbocycles. The summed E-state index contributed by atoms with van der Waals surface area (Å²) in [5.74, 6) is 0. The molecule has 0 aromatic heterocycles. The molecule has 0 aliphatic rings. The number of rotatable bonds is 7. The van der Waals surface area contributed by atoms with Gasteiger partial charge < -0.3 is 0 Å². The van der Waals surface area contributed by atoms with Crippen LogP contribution >= 0.6 is 0 Å². The highest BCUT2D eigenvalue weighted by atomic mass is 13.8.